The van der Waals surface area contributed by atoms with Crippen LogP contribution in [-0.2, 0) is 4.79 Å². The van der Waals surface area contributed by atoms with E-state index < -0.39 is 19.2 Å². The summed E-state index contributed by atoms with van der Waals surface area (Å²) in [6.07, 6.45) is 3.16. The van der Waals surface area contributed by atoms with Crippen LogP contribution in [0.3, 0.4) is 0 Å². The van der Waals surface area contributed by atoms with Gasteiger partial charge in [0.1, 0.15) is 11.6 Å². The molecule has 1 saturated heterocycles. The van der Waals surface area contributed by atoms with Crippen LogP contribution in [-0.4, -0.2) is 53.1 Å². The summed E-state index contributed by atoms with van der Waals surface area (Å²) in [5.41, 5.74) is 0.887. The summed E-state index contributed by atoms with van der Waals surface area (Å²) in [6.45, 7) is 4.61. The van der Waals surface area contributed by atoms with Crippen molar-refractivity contribution in [2.45, 2.75) is 45.1 Å². The SMILES string of the molecule is CC(C)C=C(C#N)C(=O)N1CCC[C@@H]1CNC(=O)N[C@H](CB(O)O)c1ccccc1. The number of urea groups is 1. The monoisotopic (exact) mass is 412 g/mol. The van der Waals surface area contributed by atoms with Crippen LogP contribution in [0, 0.1) is 17.2 Å². The molecule has 1 fully saturated rings. The Kier molecular flexibility index (Phi) is 8.90. The third-order valence-electron chi connectivity index (χ3n) is 4.94. The van der Waals surface area contributed by atoms with Crippen LogP contribution in [0.15, 0.2) is 42.0 Å². The van der Waals surface area contributed by atoms with E-state index in [0.29, 0.717) is 6.54 Å². The second-order valence-electron chi connectivity index (χ2n) is 7.76. The Labute approximate surface area is 177 Å². The number of hydrogen-bond acceptors (Lipinski definition) is 5. The number of nitrogens with zero attached hydrogens (tertiary/aromatic N) is 2. The molecule has 2 atom stereocenters. The molecule has 0 spiro atoms. The fraction of sp³-hybridized carbons (Fsp3) is 0.476. The second kappa shape index (κ2) is 11.4. The van der Waals surface area contributed by atoms with Gasteiger partial charge in [-0.3, -0.25) is 4.79 Å². The highest BCUT2D eigenvalue weighted by atomic mass is 16.4. The Morgan fingerprint density at radius 1 is 1.33 bits per heavy atom. The second-order valence-corrected chi connectivity index (χ2v) is 7.76. The van der Waals surface area contributed by atoms with E-state index in [9.17, 15) is 24.9 Å². The molecule has 3 amide bonds. The van der Waals surface area contributed by atoms with Gasteiger partial charge in [-0.1, -0.05) is 50.3 Å². The zero-order valence-corrected chi connectivity index (χ0v) is 17.4. The lowest BCUT2D eigenvalue weighted by Gasteiger charge is -2.26. The van der Waals surface area contributed by atoms with Crippen molar-refractivity contribution in [3.8, 4) is 6.07 Å². The third kappa shape index (κ3) is 6.90. The Hall–Kier alpha value is -2.83. The molecule has 160 valence electrons. The molecule has 0 radical (unpaired) electrons. The lowest BCUT2D eigenvalue weighted by atomic mass is 9.79. The number of rotatable bonds is 8. The summed E-state index contributed by atoms with van der Waals surface area (Å²) >= 11 is 0. The van der Waals surface area contributed by atoms with Crippen LogP contribution in [0.1, 0.15) is 38.3 Å². The number of carbonyl (C=O) groups excluding carboxylic acids is 2. The van der Waals surface area contributed by atoms with Crippen molar-refractivity contribution in [2.75, 3.05) is 13.1 Å². The van der Waals surface area contributed by atoms with Gasteiger partial charge in [-0.15, -0.1) is 0 Å². The Morgan fingerprint density at radius 3 is 2.63 bits per heavy atom. The molecular formula is C21H29BN4O4. The number of allylic oxidation sites excluding steroid dienone is 1. The van der Waals surface area contributed by atoms with Crippen LogP contribution >= 0.6 is 0 Å². The predicted octanol–water partition coefficient (Wildman–Crippen LogP) is 1.60. The van der Waals surface area contributed by atoms with E-state index >= 15 is 0 Å². The summed E-state index contributed by atoms with van der Waals surface area (Å²) < 4.78 is 0. The Balaban J connectivity index is 1.97. The molecule has 9 heteroatoms. The Bertz CT molecular complexity index is 792. The average molecular weight is 412 g/mol. The maximum absolute atomic E-state index is 12.7. The minimum Gasteiger partial charge on any atom is -0.427 e. The first-order chi connectivity index (χ1) is 14.3. The lowest BCUT2D eigenvalue weighted by Crippen LogP contribution is -2.47. The molecule has 8 nitrogen and oxygen atoms in total. The van der Waals surface area contributed by atoms with Crippen molar-refractivity contribution < 1.29 is 19.6 Å². The van der Waals surface area contributed by atoms with Gasteiger partial charge in [0.05, 0.1) is 6.04 Å². The zero-order chi connectivity index (χ0) is 22.1. The molecule has 30 heavy (non-hydrogen) atoms. The van der Waals surface area contributed by atoms with Crippen LogP contribution in [0.25, 0.3) is 0 Å². The predicted molar refractivity (Wildman–Crippen MR) is 114 cm³/mol. The smallest absolute Gasteiger partial charge is 0.427 e. The number of carbonyl (C=O) groups is 2. The number of hydrogen-bond donors (Lipinski definition) is 4. The van der Waals surface area contributed by atoms with E-state index in [1.54, 1.807) is 23.1 Å². The van der Waals surface area contributed by atoms with Gasteiger partial charge in [0.15, 0.2) is 0 Å². The zero-order valence-electron chi connectivity index (χ0n) is 17.4. The van der Waals surface area contributed by atoms with Crippen molar-refractivity contribution in [3.05, 3.63) is 47.5 Å². The van der Waals surface area contributed by atoms with Gasteiger partial charge in [0, 0.05) is 25.5 Å². The first-order valence-electron chi connectivity index (χ1n) is 10.2. The molecule has 0 unspecified atom stereocenters. The number of nitriles is 1. The van der Waals surface area contributed by atoms with Gasteiger partial charge in [-0.05, 0) is 24.3 Å². The van der Waals surface area contributed by atoms with Crippen molar-refractivity contribution >= 4 is 19.1 Å². The van der Waals surface area contributed by atoms with E-state index in [4.69, 9.17) is 0 Å². The van der Waals surface area contributed by atoms with Crippen molar-refractivity contribution in [1.82, 2.24) is 15.5 Å². The van der Waals surface area contributed by atoms with E-state index in [1.807, 2.05) is 38.1 Å². The van der Waals surface area contributed by atoms with E-state index in [2.05, 4.69) is 10.6 Å². The van der Waals surface area contributed by atoms with Gasteiger partial charge in [-0.2, -0.15) is 5.26 Å². The number of likely N-dealkylation sites (tertiary alicyclic amines) is 1. The molecule has 2 rings (SSSR count). The van der Waals surface area contributed by atoms with Crippen LogP contribution in [0.4, 0.5) is 4.79 Å². The molecular weight excluding hydrogens is 383 g/mol. The lowest BCUT2D eigenvalue weighted by molar-refractivity contribution is -0.127. The number of nitrogens with one attached hydrogen (secondary N) is 2. The molecule has 0 bridgehead atoms. The minimum atomic E-state index is -1.56. The van der Waals surface area contributed by atoms with Crippen LogP contribution in [0.2, 0.25) is 6.32 Å². The number of benzene rings is 1. The molecule has 0 saturated carbocycles. The average Bonchev–Trinajstić information content (AvgIpc) is 3.18. The molecule has 1 aromatic carbocycles. The maximum atomic E-state index is 12.7. The van der Waals surface area contributed by atoms with Gasteiger partial charge >= 0.3 is 13.1 Å². The maximum Gasteiger partial charge on any atom is 0.453 e. The first-order valence-corrected chi connectivity index (χ1v) is 10.2. The molecule has 1 aliphatic heterocycles. The summed E-state index contributed by atoms with van der Waals surface area (Å²) in [7, 11) is -1.56. The topological polar surface area (TPSA) is 126 Å². The third-order valence-corrected chi connectivity index (χ3v) is 4.94. The molecule has 4 N–H and O–H groups in total. The van der Waals surface area contributed by atoms with E-state index in [1.165, 1.54) is 0 Å². The largest absolute Gasteiger partial charge is 0.453 e. The van der Waals surface area contributed by atoms with Crippen LogP contribution < -0.4 is 10.6 Å². The summed E-state index contributed by atoms with van der Waals surface area (Å²) in [5, 5.41) is 33.5. The summed E-state index contributed by atoms with van der Waals surface area (Å²) in [5.74, 6) is -0.216. The molecule has 0 aliphatic carbocycles. The molecule has 1 heterocycles. The summed E-state index contributed by atoms with van der Waals surface area (Å²) in [6, 6.07) is 9.83. The molecule has 1 aliphatic rings. The fourth-order valence-electron chi connectivity index (χ4n) is 3.55. The Morgan fingerprint density at radius 2 is 2.03 bits per heavy atom. The highest BCUT2D eigenvalue weighted by Crippen LogP contribution is 2.20. The van der Waals surface area contributed by atoms with Crippen LogP contribution in [0.5, 0.6) is 0 Å². The summed E-state index contributed by atoms with van der Waals surface area (Å²) in [4.78, 5) is 26.8. The fourth-order valence-corrected chi connectivity index (χ4v) is 3.55. The van der Waals surface area contributed by atoms with Gasteiger partial charge < -0.3 is 25.6 Å². The van der Waals surface area contributed by atoms with E-state index in [-0.39, 0.29) is 36.3 Å². The number of amides is 3. The highest BCUT2D eigenvalue weighted by molar-refractivity contribution is 6.41. The quantitative estimate of drug-likeness (QED) is 0.293. The van der Waals surface area contributed by atoms with Gasteiger partial charge in [0.25, 0.3) is 5.91 Å². The normalized spacial score (nSPS) is 17.4. The van der Waals surface area contributed by atoms with Gasteiger partial charge in [-0.25, -0.2) is 4.79 Å². The minimum absolute atomic E-state index is 0.0446. The standard InChI is InChI=1S/C21H29BN4O4/c1-15(2)11-17(13-23)20(27)26-10-6-9-18(26)14-24-21(28)25-19(12-22(29)30)16-7-4-3-5-8-16/h3-5,7-8,11,15,18-19,29-30H,6,9-10,12,14H2,1-2H3,(H2,24,25,28)/t18-,19-/m1/s1. The van der Waals surface area contributed by atoms with Crippen molar-refractivity contribution in [3.63, 3.8) is 0 Å². The van der Waals surface area contributed by atoms with Gasteiger partial charge in [0.2, 0.25) is 0 Å². The van der Waals surface area contributed by atoms with Crippen molar-refractivity contribution in [2.24, 2.45) is 5.92 Å². The highest BCUT2D eigenvalue weighted by Gasteiger charge is 2.31. The first kappa shape index (κ1) is 23.5. The van der Waals surface area contributed by atoms with Crippen molar-refractivity contribution in [1.29, 1.82) is 5.26 Å². The van der Waals surface area contributed by atoms with E-state index in [0.717, 1.165) is 18.4 Å². The molecule has 1 aromatic rings. The molecule has 0 aromatic heterocycles.